The minimum Gasteiger partial charge on any atom is -0.341 e. The van der Waals surface area contributed by atoms with Crippen molar-refractivity contribution < 1.29 is 9.59 Å². The van der Waals surface area contributed by atoms with Crippen LogP contribution in [0.25, 0.3) is 0 Å². The zero-order valence-electron chi connectivity index (χ0n) is 12.2. The molecule has 0 aliphatic heterocycles. The van der Waals surface area contributed by atoms with Crippen molar-refractivity contribution in [2.45, 2.75) is 52.1 Å². The molecule has 1 amide bonds. The Morgan fingerprint density at radius 2 is 2.20 bits per heavy atom. The fourth-order valence-corrected chi connectivity index (χ4v) is 2.91. The lowest BCUT2D eigenvalue weighted by Gasteiger charge is -2.30. The molecule has 2 rings (SSSR count). The normalized spacial score (nSPS) is 24.1. The van der Waals surface area contributed by atoms with E-state index in [0.717, 1.165) is 37.9 Å². The van der Waals surface area contributed by atoms with Crippen molar-refractivity contribution in [1.82, 2.24) is 15.1 Å². The van der Waals surface area contributed by atoms with Gasteiger partial charge < -0.3 is 10.1 Å². The Balaban J connectivity index is 1.99. The Morgan fingerprint density at radius 1 is 1.50 bits per heavy atom. The topological polar surface area (TPSA) is 64.0 Å². The summed E-state index contributed by atoms with van der Waals surface area (Å²) in [5.41, 5.74) is 0.517. The van der Waals surface area contributed by atoms with Crippen LogP contribution >= 0.6 is 0 Å². The number of carbonyl (C=O) groups is 2. The highest BCUT2D eigenvalue weighted by Crippen LogP contribution is 2.30. The Kier molecular flexibility index (Phi) is 4.93. The summed E-state index contributed by atoms with van der Waals surface area (Å²) in [4.78, 5) is 23.5. The summed E-state index contributed by atoms with van der Waals surface area (Å²) < 4.78 is 1.64. The summed E-state index contributed by atoms with van der Waals surface area (Å²) in [6.07, 6.45) is 6.78. The molecule has 5 nitrogen and oxygen atoms in total. The van der Waals surface area contributed by atoms with E-state index in [4.69, 9.17) is 0 Å². The van der Waals surface area contributed by atoms with E-state index in [-0.39, 0.29) is 17.9 Å². The van der Waals surface area contributed by atoms with Crippen molar-refractivity contribution in [3.8, 4) is 0 Å². The van der Waals surface area contributed by atoms with E-state index in [9.17, 15) is 9.59 Å². The van der Waals surface area contributed by atoms with Crippen LogP contribution in [0.15, 0.2) is 12.3 Å². The summed E-state index contributed by atoms with van der Waals surface area (Å²) in [5, 5.41) is 6.94. The summed E-state index contributed by atoms with van der Waals surface area (Å²) in [6, 6.07) is 1.30. The molecule has 1 aromatic heterocycles. The average Bonchev–Trinajstić information content (AvgIpc) is 2.94. The van der Waals surface area contributed by atoms with Gasteiger partial charge in [-0.1, -0.05) is 19.8 Å². The van der Waals surface area contributed by atoms with Gasteiger partial charge in [-0.2, -0.15) is 5.10 Å². The van der Waals surface area contributed by atoms with Gasteiger partial charge in [0.1, 0.15) is 12.0 Å². The molecule has 20 heavy (non-hydrogen) atoms. The highest BCUT2D eigenvalue weighted by atomic mass is 16.2. The molecular formula is C15H23N3O2. The molecule has 5 heteroatoms. The molecule has 1 aromatic rings. The summed E-state index contributed by atoms with van der Waals surface area (Å²) in [5.74, 6) is 0.793. The van der Waals surface area contributed by atoms with Gasteiger partial charge in [0, 0.05) is 12.7 Å². The van der Waals surface area contributed by atoms with E-state index >= 15 is 0 Å². The smallest absolute Gasteiger partial charge is 0.270 e. The van der Waals surface area contributed by atoms with Crippen LogP contribution in [0.3, 0.4) is 0 Å². The first-order valence-corrected chi connectivity index (χ1v) is 7.43. The van der Waals surface area contributed by atoms with Crippen molar-refractivity contribution in [2.24, 2.45) is 11.8 Å². The van der Waals surface area contributed by atoms with E-state index in [1.807, 2.05) is 6.92 Å². The van der Waals surface area contributed by atoms with Crippen LogP contribution in [-0.2, 0) is 11.3 Å². The van der Waals surface area contributed by atoms with E-state index in [0.29, 0.717) is 12.2 Å². The third-order valence-corrected chi connectivity index (χ3v) is 4.26. The largest absolute Gasteiger partial charge is 0.341 e. The number of aromatic nitrogens is 2. The predicted molar refractivity (Wildman–Crippen MR) is 76.3 cm³/mol. The van der Waals surface area contributed by atoms with Crippen LogP contribution in [0, 0.1) is 11.8 Å². The number of nitrogens with one attached hydrogen (secondary N) is 1. The maximum absolute atomic E-state index is 12.2. The van der Waals surface area contributed by atoms with Gasteiger partial charge in [-0.25, -0.2) is 0 Å². The zero-order chi connectivity index (χ0) is 14.5. The van der Waals surface area contributed by atoms with E-state index in [1.165, 1.54) is 0 Å². The van der Waals surface area contributed by atoms with Crippen LogP contribution in [0.5, 0.6) is 0 Å². The van der Waals surface area contributed by atoms with Crippen molar-refractivity contribution >= 4 is 12.2 Å². The summed E-state index contributed by atoms with van der Waals surface area (Å²) >= 11 is 0. The maximum atomic E-state index is 12.2. The molecule has 0 spiro atoms. The summed E-state index contributed by atoms with van der Waals surface area (Å²) in [6.45, 7) is 4.82. The number of hydrogen-bond donors (Lipinski definition) is 1. The molecular weight excluding hydrogens is 254 g/mol. The number of carbonyl (C=O) groups excluding carboxylic acids is 2. The lowest BCUT2D eigenvalue weighted by molar-refractivity contribution is -0.110. The minimum atomic E-state index is -0.379. The second kappa shape index (κ2) is 6.68. The second-order valence-electron chi connectivity index (χ2n) is 5.69. The molecule has 1 saturated carbocycles. The SMILES string of the molecule is CCn1nccc1C(=O)NC(C=O)C1CCC(C)CC1. The molecule has 0 aromatic carbocycles. The standard InChI is InChI=1S/C15H23N3O2/c1-3-18-14(8-9-16-18)15(20)17-13(10-19)12-6-4-11(2)5-7-12/h8-13H,3-7H2,1-2H3,(H,17,20). The Bertz CT molecular complexity index is 461. The van der Waals surface area contributed by atoms with Crippen molar-refractivity contribution in [3.05, 3.63) is 18.0 Å². The highest BCUT2D eigenvalue weighted by Gasteiger charge is 2.27. The Morgan fingerprint density at radius 3 is 2.80 bits per heavy atom. The minimum absolute atomic E-state index is 0.208. The van der Waals surface area contributed by atoms with Crippen molar-refractivity contribution in [2.75, 3.05) is 0 Å². The molecule has 0 bridgehead atoms. The lowest BCUT2D eigenvalue weighted by Crippen LogP contribution is -2.43. The fraction of sp³-hybridized carbons (Fsp3) is 0.667. The lowest BCUT2D eigenvalue weighted by atomic mass is 9.79. The fourth-order valence-electron chi connectivity index (χ4n) is 2.91. The van der Waals surface area contributed by atoms with Crippen LogP contribution in [0.2, 0.25) is 0 Å². The van der Waals surface area contributed by atoms with Crippen molar-refractivity contribution in [1.29, 1.82) is 0 Å². The molecule has 1 heterocycles. The third-order valence-electron chi connectivity index (χ3n) is 4.26. The Hall–Kier alpha value is -1.65. The van der Waals surface area contributed by atoms with Crippen LogP contribution in [0.4, 0.5) is 0 Å². The number of rotatable bonds is 5. The first kappa shape index (κ1) is 14.8. The molecule has 1 aliphatic carbocycles. The van der Waals surface area contributed by atoms with E-state index < -0.39 is 0 Å². The van der Waals surface area contributed by atoms with Gasteiger partial charge in [-0.05, 0) is 37.7 Å². The molecule has 1 atom stereocenters. The number of nitrogens with zero attached hydrogens (tertiary/aromatic N) is 2. The number of hydrogen-bond acceptors (Lipinski definition) is 3. The number of aryl methyl sites for hydroxylation is 1. The second-order valence-corrected chi connectivity index (χ2v) is 5.69. The molecule has 0 radical (unpaired) electrons. The van der Waals surface area contributed by atoms with E-state index in [1.54, 1.807) is 16.9 Å². The van der Waals surface area contributed by atoms with Gasteiger partial charge in [-0.3, -0.25) is 9.48 Å². The van der Waals surface area contributed by atoms with Gasteiger partial charge >= 0.3 is 0 Å². The maximum Gasteiger partial charge on any atom is 0.270 e. The number of aldehydes is 1. The number of amides is 1. The average molecular weight is 277 g/mol. The molecule has 1 fully saturated rings. The first-order chi connectivity index (χ1) is 9.65. The van der Waals surface area contributed by atoms with Crippen LogP contribution in [-0.4, -0.2) is 28.0 Å². The highest BCUT2D eigenvalue weighted by molar-refractivity contribution is 5.94. The first-order valence-electron chi connectivity index (χ1n) is 7.43. The quantitative estimate of drug-likeness (QED) is 0.838. The van der Waals surface area contributed by atoms with Gasteiger partial charge in [0.05, 0.1) is 6.04 Å². The van der Waals surface area contributed by atoms with Crippen LogP contribution < -0.4 is 5.32 Å². The third kappa shape index (κ3) is 3.26. The van der Waals surface area contributed by atoms with Gasteiger partial charge in [0.2, 0.25) is 0 Å². The van der Waals surface area contributed by atoms with Gasteiger partial charge in [0.15, 0.2) is 0 Å². The predicted octanol–water partition coefficient (Wildman–Crippen LogP) is 2.03. The van der Waals surface area contributed by atoms with Gasteiger partial charge in [-0.15, -0.1) is 0 Å². The molecule has 1 aliphatic rings. The van der Waals surface area contributed by atoms with E-state index in [2.05, 4.69) is 17.3 Å². The van der Waals surface area contributed by atoms with Crippen molar-refractivity contribution in [3.63, 3.8) is 0 Å². The van der Waals surface area contributed by atoms with Crippen LogP contribution in [0.1, 0.15) is 50.0 Å². The Labute approximate surface area is 119 Å². The zero-order valence-corrected chi connectivity index (χ0v) is 12.2. The molecule has 1 N–H and O–H groups in total. The molecule has 110 valence electrons. The van der Waals surface area contributed by atoms with Gasteiger partial charge in [0.25, 0.3) is 5.91 Å². The monoisotopic (exact) mass is 277 g/mol. The molecule has 0 saturated heterocycles. The summed E-state index contributed by atoms with van der Waals surface area (Å²) in [7, 11) is 0. The molecule has 1 unspecified atom stereocenters.